The molecule has 0 N–H and O–H groups in total. The molecule has 1 fully saturated rings. The highest BCUT2D eigenvalue weighted by Crippen LogP contribution is 2.37. The van der Waals surface area contributed by atoms with Crippen LogP contribution in [0.15, 0.2) is 36.4 Å². The molecule has 33 heavy (non-hydrogen) atoms. The zero-order chi connectivity index (χ0) is 24.3. The van der Waals surface area contributed by atoms with E-state index in [-0.39, 0.29) is 29.7 Å². The van der Waals surface area contributed by atoms with Crippen molar-refractivity contribution in [2.45, 2.75) is 25.3 Å². The Hall–Kier alpha value is -3.38. The lowest BCUT2D eigenvalue weighted by Gasteiger charge is -2.18. The van der Waals surface area contributed by atoms with Gasteiger partial charge in [-0.05, 0) is 24.3 Å². The minimum absolute atomic E-state index is 0.0187. The number of benzene rings is 2. The first-order chi connectivity index (χ1) is 15.5. The Morgan fingerprint density at radius 2 is 1.79 bits per heavy atom. The Balaban J connectivity index is 1.85. The number of hydrogen-bond acceptors (Lipinski definition) is 8. The SMILES string of the molecule is CC(=O)OC1COCC1OC(=O)c1cc(Oc2ccc(C(F)(F)F)cc2Cl)ccc1[N+](=O)[O-]. The van der Waals surface area contributed by atoms with Gasteiger partial charge in [0.15, 0.2) is 12.2 Å². The largest absolute Gasteiger partial charge is 0.456 e. The van der Waals surface area contributed by atoms with Crippen molar-refractivity contribution < 1.29 is 46.6 Å². The van der Waals surface area contributed by atoms with E-state index in [1.165, 1.54) is 0 Å². The summed E-state index contributed by atoms with van der Waals surface area (Å²) in [6.45, 7) is 1.05. The topological polar surface area (TPSA) is 114 Å². The molecule has 0 radical (unpaired) electrons. The molecule has 0 amide bonds. The molecule has 0 aromatic heterocycles. The van der Waals surface area contributed by atoms with Gasteiger partial charge in [-0.15, -0.1) is 0 Å². The highest BCUT2D eigenvalue weighted by atomic mass is 35.5. The number of rotatable bonds is 6. The van der Waals surface area contributed by atoms with Gasteiger partial charge in [0.1, 0.15) is 17.1 Å². The quantitative estimate of drug-likeness (QED) is 0.330. The summed E-state index contributed by atoms with van der Waals surface area (Å²) in [6, 6.07) is 5.49. The Bertz CT molecular complexity index is 1090. The van der Waals surface area contributed by atoms with Gasteiger partial charge >= 0.3 is 18.1 Å². The van der Waals surface area contributed by atoms with Crippen LogP contribution in [0.5, 0.6) is 11.5 Å². The number of nitrogens with zero attached hydrogens (tertiary/aromatic N) is 1. The number of hydrogen-bond donors (Lipinski definition) is 0. The average Bonchev–Trinajstić information content (AvgIpc) is 3.14. The second-order valence-electron chi connectivity index (χ2n) is 6.81. The molecule has 2 aromatic carbocycles. The highest BCUT2D eigenvalue weighted by Gasteiger charge is 2.36. The van der Waals surface area contributed by atoms with Crippen LogP contribution >= 0.6 is 11.6 Å². The predicted octanol–water partition coefficient (Wildman–Crippen LogP) is 4.55. The monoisotopic (exact) mass is 489 g/mol. The summed E-state index contributed by atoms with van der Waals surface area (Å²) in [7, 11) is 0. The van der Waals surface area contributed by atoms with Gasteiger partial charge in [-0.2, -0.15) is 13.2 Å². The van der Waals surface area contributed by atoms with Gasteiger partial charge in [0.2, 0.25) is 0 Å². The molecular formula is C20H15ClF3NO8. The van der Waals surface area contributed by atoms with Crippen molar-refractivity contribution in [3.05, 3.63) is 62.7 Å². The van der Waals surface area contributed by atoms with E-state index in [0.29, 0.717) is 6.07 Å². The fourth-order valence-electron chi connectivity index (χ4n) is 2.94. The van der Waals surface area contributed by atoms with Gasteiger partial charge in [-0.3, -0.25) is 14.9 Å². The van der Waals surface area contributed by atoms with Gasteiger partial charge in [-0.25, -0.2) is 4.79 Å². The van der Waals surface area contributed by atoms with Gasteiger partial charge < -0.3 is 18.9 Å². The maximum Gasteiger partial charge on any atom is 0.416 e. The molecule has 3 rings (SSSR count). The van der Waals surface area contributed by atoms with E-state index < -0.39 is 52.1 Å². The van der Waals surface area contributed by atoms with E-state index in [1.54, 1.807) is 0 Å². The zero-order valence-corrected chi connectivity index (χ0v) is 17.5. The normalized spacial score (nSPS) is 18.0. The van der Waals surface area contributed by atoms with Crippen LogP contribution < -0.4 is 4.74 Å². The third-order valence-electron chi connectivity index (χ3n) is 4.43. The smallest absolute Gasteiger partial charge is 0.416 e. The van der Waals surface area contributed by atoms with E-state index in [9.17, 15) is 32.9 Å². The predicted molar refractivity (Wildman–Crippen MR) is 105 cm³/mol. The van der Waals surface area contributed by atoms with Crippen LogP contribution in [-0.2, 0) is 25.2 Å². The molecule has 0 aliphatic carbocycles. The third-order valence-corrected chi connectivity index (χ3v) is 4.72. The molecule has 9 nitrogen and oxygen atoms in total. The van der Waals surface area contributed by atoms with E-state index >= 15 is 0 Å². The first kappa shape index (κ1) is 24.3. The lowest BCUT2D eigenvalue weighted by atomic mass is 10.1. The van der Waals surface area contributed by atoms with Gasteiger partial charge in [0, 0.05) is 19.1 Å². The van der Waals surface area contributed by atoms with E-state index in [0.717, 1.165) is 37.3 Å². The Kier molecular flexibility index (Phi) is 7.08. The van der Waals surface area contributed by atoms with Crippen molar-refractivity contribution in [2.75, 3.05) is 13.2 Å². The van der Waals surface area contributed by atoms with E-state index in [1.807, 2.05) is 0 Å². The molecule has 2 aromatic rings. The molecule has 1 heterocycles. The Morgan fingerprint density at radius 3 is 2.36 bits per heavy atom. The fraction of sp³-hybridized carbons (Fsp3) is 0.300. The molecule has 176 valence electrons. The molecule has 0 spiro atoms. The molecule has 1 aliphatic heterocycles. The van der Waals surface area contributed by atoms with Crippen LogP contribution in [0.1, 0.15) is 22.8 Å². The van der Waals surface area contributed by atoms with Crippen LogP contribution in [0.3, 0.4) is 0 Å². The zero-order valence-electron chi connectivity index (χ0n) is 16.8. The third kappa shape index (κ3) is 5.90. The average molecular weight is 490 g/mol. The maximum atomic E-state index is 12.8. The van der Waals surface area contributed by atoms with Gasteiger partial charge in [0.25, 0.3) is 5.69 Å². The van der Waals surface area contributed by atoms with Gasteiger partial charge in [0.05, 0.1) is 28.7 Å². The molecule has 13 heteroatoms. The van der Waals surface area contributed by atoms with Crippen LogP contribution in [0.4, 0.5) is 18.9 Å². The minimum Gasteiger partial charge on any atom is -0.456 e. The van der Waals surface area contributed by atoms with Crippen molar-refractivity contribution in [3.8, 4) is 11.5 Å². The molecule has 1 saturated heterocycles. The number of alkyl halides is 3. The van der Waals surface area contributed by atoms with E-state index in [4.69, 9.17) is 30.5 Å². The number of carbonyl (C=O) groups excluding carboxylic acids is 2. The lowest BCUT2D eigenvalue weighted by molar-refractivity contribution is -0.385. The Morgan fingerprint density at radius 1 is 1.12 bits per heavy atom. The summed E-state index contributed by atoms with van der Waals surface area (Å²) in [5.41, 5.74) is -2.09. The molecule has 2 atom stereocenters. The lowest BCUT2D eigenvalue weighted by Crippen LogP contribution is -2.33. The Labute approximate surface area is 189 Å². The molecule has 0 bridgehead atoms. The molecule has 1 aliphatic rings. The van der Waals surface area contributed by atoms with Crippen LogP contribution in [0.2, 0.25) is 5.02 Å². The first-order valence-electron chi connectivity index (χ1n) is 9.24. The number of nitro benzene ring substituents is 1. The van der Waals surface area contributed by atoms with Crippen LogP contribution in [-0.4, -0.2) is 42.3 Å². The highest BCUT2D eigenvalue weighted by molar-refractivity contribution is 6.32. The minimum atomic E-state index is -4.61. The van der Waals surface area contributed by atoms with Gasteiger partial charge in [-0.1, -0.05) is 11.6 Å². The summed E-state index contributed by atoms with van der Waals surface area (Å²) in [6.07, 6.45) is -6.48. The molecular weight excluding hydrogens is 475 g/mol. The van der Waals surface area contributed by atoms with Crippen molar-refractivity contribution in [2.24, 2.45) is 0 Å². The number of nitro groups is 1. The summed E-state index contributed by atoms with van der Waals surface area (Å²) in [4.78, 5) is 34.4. The number of carbonyl (C=O) groups is 2. The number of halogens is 4. The summed E-state index contributed by atoms with van der Waals surface area (Å²) in [5, 5.41) is 11.0. The fourth-order valence-corrected chi connectivity index (χ4v) is 3.16. The van der Waals surface area contributed by atoms with Crippen molar-refractivity contribution >= 4 is 29.2 Å². The molecule has 0 saturated carbocycles. The van der Waals surface area contributed by atoms with Crippen molar-refractivity contribution in [1.82, 2.24) is 0 Å². The summed E-state index contributed by atoms with van der Waals surface area (Å²) < 4.78 is 59.2. The van der Waals surface area contributed by atoms with Crippen molar-refractivity contribution in [3.63, 3.8) is 0 Å². The molecule has 2 unspecified atom stereocenters. The second kappa shape index (κ2) is 9.63. The summed E-state index contributed by atoms with van der Waals surface area (Å²) in [5.74, 6) is -2.02. The maximum absolute atomic E-state index is 12.8. The summed E-state index contributed by atoms with van der Waals surface area (Å²) >= 11 is 5.86. The standard InChI is InChI=1S/C20H15ClF3NO8/c1-10(26)31-17-8-30-9-18(17)33-19(27)13-7-12(3-4-15(13)25(28)29)32-16-5-2-11(6-14(16)21)20(22,23)24/h2-7,17-18H,8-9H2,1H3. The van der Waals surface area contributed by atoms with Crippen LogP contribution in [0.25, 0.3) is 0 Å². The van der Waals surface area contributed by atoms with Crippen LogP contribution in [0, 0.1) is 10.1 Å². The second-order valence-corrected chi connectivity index (χ2v) is 7.22. The van der Waals surface area contributed by atoms with Crippen molar-refractivity contribution in [1.29, 1.82) is 0 Å². The number of esters is 2. The van der Waals surface area contributed by atoms with E-state index in [2.05, 4.69) is 0 Å². The first-order valence-corrected chi connectivity index (χ1v) is 9.62. The number of ether oxygens (including phenoxy) is 4.